The molecule has 1 aromatic carbocycles. The van der Waals surface area contributed by atoms with E-state index in [1.54, 1.807) is 18.4 Å². The molecule has 0 bridgehead atoms. The summed E-state index contributed by atoms with van der Waals surface area (Å²) in [5.74, 6) is -4.17. The highest BCUT2D eigenvalue weighted by Gasteiger charge is 2.24. The lowest BCUT2D eigenvalue weighted by Gasteiger charge is -2.15. The Morgan fingerprint density at radius 3 is 2.48 bits per heavy atom. The van der Waals surface area contributed by atoms with Gasteiger partial charge in [-0.2, -0.15) is 0 Å². The average molecular weight is 311 g/mol. The molecule has 21 heavy (non-hydrogen) atoms. The first-order chi connectivity index (χ1) is 9.90. The van der Waals surface area contributed by atoms with E-state index in [0.717, 1.165) is 18.2 Å². The first-order valence-corrected chi connectivity index (χ1v) is 6.81. The normalized spacial score (nSPS) is 12.0. The fourth-order valence-electron chi connectivity index (χ4n) is 1.78. The number of aryl methyl sites for hydroxylation is 1. The minimum absolute atomic E-state index is 0.0380. The Morgan fingerprint density at radius 2 is 1.95 bits per heavy atom. The molecule has 110 valence electrons. The summed E-state index contributed by atoms with van der Waals surface area (Å²) < 4.78 is 26.1. The fourth-order valence-corrected chi connectivity index (χ4v) is 2.61. The number of thiophene rings is 1. The zero-order valence-electron chi connectivity index (χ0n) is 10.9. The Kier molecular flexibility index (Phi) is 4.32. The topological polar surface area (TPSA) is 66.4 Å². The summed E-state index contributed by atoms with van der Waals surface area (Å²) in [6, 6.07) is 2.99. The molecule has 2 N–H and O–H groups in total. The van der Waals surface area contributed by atoms with Crippen LogP contribution in [0.15, 0.2) is 29.6 Å². The minimum atomic E-state index is -1.45. The number of carboxylic acids is 1. The molecule has 0 aliphatic rings. The summed E-state index contributed by atoms with van der Waals surface area (Å²) in [5, 5.41) is 13.2. The van der Waals surface area contributed by atoms with E-state index in [1.165, 1.54) is 11.3 Å². The van der Waals surface area contributed by atoms with Crippen molar-refractivity contribution in [3.63, 3.8) is 0 Å². The van der Waals surface area contributed by atoms with E-state index < -0.39 is 29.6 Å². The van der Waals surface area contributed by atoms with Crippen molar-refractivity contribution in [2.75, 3.05) is 0 Å². The number of halogens is 2. The number of nitrogens with one attached hydrogen (secondary N) is 1. The molecule has 1 heterocycles. The van der Waals surface area contributed by atoms with E-state index >= 15 is 0 Å². The standard InChI is InChI=1S/C14H11F2NO3S/c1-7-4-5-21-12(7)13(18)17-11(14(19)20)8-2-3-9(15)10(16)6-8/h2-6,11H,1H3,(H,17,18)(H,19,20)/t11-/m1/s1. The summed E-state index contributed by atoms with van der Waals surface area (Å²) in [6.07, 6.45) is 0. The Bertz CT molecular complexity index is 699. The van der Waals surface area contributed by atoms with Crippen molar-refractivity contribution in [2.24, 2.45) is 0 Å². The van der Waals surface area contributed by atoms with Gasteiger partial charge in [-0.1, -0.05) is 6.07 Å². The second-order valence-corrected chi connectivity index (χ2v) is 5.27. The van der Waals surface area contributed by atoms with Crippen molar-refractivity contribution in [3.05, 3.63) is 57.3 Å². The quantitative estimate of drug-likeness (QED) is 0.912. The van der Waals surface area contributed by atoms with Gasteiger partial charge in [0.1, 0.15) is 0 Å². The van der Waals surface area contributed by atoms with Crippen LogP contribution < -0.4 is 5.32 Å². The molecular formula is C14H11F2NO3S. The van der Waals surface area contributed by atoms with Crippen LogP contribution in [-0.4, -0.2) is 17.0 Å². The molecule has 0 unspecified atom stereocenters. The van der Waals surface area contributed by atoms with E-state index in [0.29, 0.717) is 10.4 Å². The third-order valence-corrected chi connectivity index (χ3v) is 3.88. The van der Waals surface area contributed by atoms with Crippen molar-refractivity contribution in [1.82, 2.24) is 5.32 Å². The van der Waals surface area contributed by atoms with Crippen LogP contribution in [0.25, 0.3) is 0 Å². The number of carboxylic acid groups (broad SMARTS) is 1. The van der Waals surface area contributed by atoms with Gasteiger partial charge >= 0.3 is 5.97 Å². The highest BCUT2D eigenvalue weighted by Crippen LogP contribution is 2.20. The van der Waals surface area contributed by atoms with Crippen LogP contribution in [0.4, 0.5) is 8.78 Å². The fraction of sp³-hybridized carbons (Fsp3) is 0.143. The minimum Gasteiger partial charge on any atom is -0.479 e. The Balaban J connectivity index is 2.28. The number of rotatable bonds is 4. The summed E-state index contributed by atoms with van der Waals surface area (Å²) in [5.41, 5.74) is 0.677. The molecule has 2 aromatic rings. The predicted octanol–water partition coefficient (Wildman–Crippen LogP) is 2.89. The van der Waals surface area contributed by atoms with Gasteiger partial charge in [0.05, 0.1) is 4.88 Å². The molecule has 0 spiro atoms. The summed E-state index contributed by atoms with van der Waals surface area (Å²) >= 11 is 1.17. The summed E-state index contributed by atoms with van der Waals surface area (Å²) in [7, 11) is 0. The zero-order chi connectivity index (χ0) is 15.6. The highest BCUT2D eigenvalue weighted by molar-refractivity contribution is 7.12. The van der Waals surface area contributed by atoms with Gasteiger partial charge in [-0.25, -0.2) is 13.6 Å². The van der Waals surface area contributed by atoms with Crippen LogP contribution in [0, 0.1) is 18.6 Å². The second kappa shape index (κ2) is 6.01. The molecule has 0 aliphatic heterocycles. The zero-order valence-corrected chi connectivity index (χ0v) is 11.7. The van der Waals surface area contributed by atoms with Crippen LogP contribution in [0.3, 0.4) is 0 Å². The first-order valence-electron chi connectivity index (χ1n) is 5.93. The van der Waals surface area contributed by atoms with E-state index in [2.05, 4.69) is 5.32 Å². The lowest BCUT2D eigenvalue weighted by atomic mass is 10.1. The Morgan fingerprint density at radius 1 is 1.24 bits per heavy atom. The van der Waals surface area contributed by atoms with Crippen LogP contribution in [0.5, 0.6) is 0 Å². The number of hydrogen-bond donors (Lipinski definition) is 2. The van der Waals surface area contributed by atoms with E-state index in [-0.39, 0.29) is 5.56 Å². The van der Waals surface area contributed by atoms with Gasteiger partial charge < -0.3 is 10.4 Å². The van der Waals surface area contributed by atoms with Crippen LogP contribution in [0.1, 0.15) is 26.8 Å². The molecule has 0 saturated heterocycles. The third kappa shape index (κ3) is 3.25. The van der Waals surface area contributed by atoms with Crippen LogP contribution in [0.2, 0.25) is 0 Å². The average Bonchev–Trinajstić information content (AvgIpc) is 2.85. The lowest BCUT2D eigenvalue weighted by molar-refractivity contribution is -0.139. The van der Waals surface area contributed by atoms with Crippen molar-refractivity contribution in [2.45, 2.75) is 13.0 Å². The molecule has 0 fully saturated rings. The Hall–Kier alpha value is -2.28. The van der Waals surface area contributed by atoms with Crippen molar-refractivity contribution in [3.8, 4) is 0 Å². The first kappa shape index (κ1) is 15.1. The molecule has 4 nitrogen and oxygen atoms in total. The second-order valence-electron chi connectivity index (χ2n) is 4.35. The third-order valence-electron chi connectivity index (χ3n) is 2.87. The largest absolute Gasteiger partial charge is 0.479 e. The number of carbonyl (C=O) groups excluding carboxylic acids is 1. The van der Waals surface area contributed by atoms with Gasteiger partial charge in [-0.05, 0) is 41.6 Å². The molecule has 0 saturated carbocycles. The SMILES string of the molecule is Cc1ccsc1C(=O)N[C@@H](C(=O)O)c1ccc(F)c(F)c1. The molecule has 0 aliphatic carbocycles. The van der Waals surface area contributed by atoms with Crippen molar-refractivity contribution < 1.29 is 23.5 Å². The van der Waals surface area contributed by atoms with Crippen LogP contribution in [-0.2, 0) is 4.79 Å². The van der Waals surface area contributed by atoms with Gasteiger partial charge in [-0.15, -0.1) is 11.3 Å². The monoisotopic (exact) mass is 311 g/mol. The number of amides is 1. The maximum absolute atomic E-state index is 13.2. The number of hydrogen-bond acceptors (Lipinski definition) is 3. The highest BCUT2D eigenvalue weighted by atomic mass is 32.1. The van der Waals surface area contributed by atoms with Gasteiger partial charge in [-0.3, -0.25) is 4.79 Å². The van der Waals surface area contributed by atoms with Gasteiger partial charge in [0.25, 0.3) is 5.91 Å². The van der Waals surface area contributed by atoms with Gasteiger partial charge in [0, 0.05) is 0 Å². The predicted molar refractivity (Wildman–Crippen MR) is 73.3 cm³/mol. The van der Waals surface area contributed by atoms with Gasteiger partial charge in [0.15, 0.2) is 17.7 Å². The molecule has 1 amide bonds. The summed E-state index contributed by atoms with van der Waals surface area (Å²) in [4.78, 5) is 23.7. The molecule has 1 atom stereocenters. The molecule has 1 aromatic heterocycles. The Labute approximate surface area is 123 Å². The maximum Gasteiger partial charge on any atom is 0.330 e. The molecular weight excluding hydrogens is 300 g/mol. The lowest BCUT2D eigenvalue weighted by Crippen LogP contribution is -2.33. The van der Waals surface area contributed by atoms with Gasteiger partial charge in [0.2, 0.25) is 0 Å². The molecule has 2 rings (SSSR count). The smallest absolute Gasteiger partial charge is 0.330 e. The number of carbonyl (C=O) groups is 2. The van der Waals surface area contributed by atoms with E-state index in [9.17, 15) is 23.5 Å². The van der Waals surface area contributed by atoms with Crippen LogP contribution >= 0.6 is 11.3 Å². The van der Waals surface area contributed by atoms with E-state index in [4.69, 9.17) is 0 Å². The van der Waals surface area contributed by atoms with Crippen molar-refractivity contribution >= 4 is 23.2 Å². The van der Waals surface area contributed by atoms with Crippen molar-refractivity contribution in [1.29, 1.82) is 0 Å². The number of benzene rings is 1. The summed E-state index contributed by atoms with van der Waals surface area (Å²) in [6.45, 7) is 1.72. The maximum atomic E-state index is 13.2. The molecule has 7 heteroatoms. The molecule has 0 radical (unpaired) electrons. The number of aliphatic carboxylic acids is 1. The van der Waals surface area contributed by atoms with E-state index in [1.807, 2.05) is 0 Å².